The number of fused-ring (bicyclic) bond motifs is 12. The first kappa shape index (κ1) is 59.2. The van der Waals surface area contributed by atoms with E-state index in [2.05, 4.69) is 364 Å². The number of anilines is 9. The summed E-state index contributed by atoms with van der Waals surface area (Å²) in [5, 5.41) is 4.88. The maximum atomic E-state index is 2.48. The Kier molecular flexibility index (Phi) is 13.8. The second-order valence-electron chi connectivity index (χ2n) is 28.6. The molecule has 0 fully saturated rings. The molecule has 2 aromatic heterocycles. The number of hydrogen-bond acceptors (Lipinski definition) is 3. The number of aromatic nitrogens is 2. The molecule has 0 saturated heterocycles. The summed E-state index contributed by atoms with van der Waals surface area (Å²) in [4.78, 5) is 7.19. The molecule has 0 aliphatic heterocycles. The maximum absolute atomic E-state index is 2.48. The fourth-order valence-electron chi connectivity index (χ4n) is 17.4. The molecule has 1 unspecified atom stereocenters. The lowest BCUT2D eigenvalue weighted by atomic mass is 9.88. The quantitative estimate of drug-likeness (QED) is 0.102. The van der Waals surface area contributed by atoms with Crippen molar-refractivity contribution < 1.29 is 0 Å². The summed E-state index contributed by atoms with van der Waals surface area (Å²) in [6, 6.07) is 128. The molecule has 4 aliphatic carbocycles. The zero-order valence-electron chi connectivity index (χ0n) is 57.1. The summed E-state index contributed by atoms with van der Waals surface area (Å²) in [5.74, 6) is 0.230. The summed E-state index contributed by atoms with van der Waals surface area (Å²) in [6.45, 7) is 0. The minimum Gasteiger partial charge on any atom is -0.310 e. The van der Waals surface area contributed by atoms with Crippen molar-refractivity contribution >= 4 is 94.8 Å². The fourth-order valence-corrected chi connectivity index (χ4v) is 17.4. The first-order chi connectivity index (χ1) is 51.0. The Hall–Kier alpha value is -12.7. The number of benzene rings is 15. The van der Waals surface area contributed by atoms with Gasteiger partial charge in [-0.05, 0) is 310 Å². The highest BCUT2D eigenvalue weighted by Crippen LogP contribution is 2.50. The molecule has 0 spiro atoms. The van der Waals surface area contributed by atoms with Crippen LogP contribution in [0.25, 0.3) is 88.4 Å². The Morgan fingerprint density at radius 2 is 0.573 bits per heavy atom. The second kappa shape index (κ2) is 24.0. The monoisotopic (exact) mass is 1320 g/mol. The van der Waals surface area contributed by atoms with E-state index in [4.69, 9.17) is 0 Å². The molecule has 0 saturated carbocycles. The predicted molar refractivity (Wildman–Crippen MR) is 430 cm³/mol. The van der Waals surface area contributed by atoms with Gasteiger partial charge in [-0.15, -0.1) is 0 Å². The first-order valence-electron chi connectivity index (χ1n) is 36.6. The summed E-state index contributed by atoms with van der Waals surface area (Å²) in [7, 11) is 0. The van der Waals surface area contributed by atoms with Crippen LogP contribution in [0.15, 0.2) is 340 Å². The van der Waals surface area contributed by atoms with Crippen molar-refractivity contribution in [1.82, 2.24) is 9.13 Å². The van der Waals surface area contributed by atoms with Gasteiger partial charge in [0.2, 0.25) is 0 Å². The lowest BCUT2D eigenvalue weighted by Gasteiger charge is -2.28. The molecule has 21 rings (SSSR count). The van der Waals surface area contributed by atoms with Crippen LogP contribution in [0.4, 0.5) is 51.2 Å². The molecule has 5 heteroatoms. The molecule has 103 heavy (non-hydrogen) atoms. The van der Waals surface area contributed by atoms with Crippen LogP contribution in [0.3, 0.4) is 0 Å². The maximum Gasteiger partial charge on any atom is 0.0541 e. The molecule has 0 bridgehead atoms. The van der Waals surface area contributed by atoms with Crippen LogP contribution in [0, 0.1) is 0 Å². The molecule has 1 atom stereocenters. The van der Waals surface area contributed by atoms with Crippen molar-refractivity contribution in [3.8, 4) is 44.8 Å². The van der Waals surface area contributed by atoms with Crippen molar-refractivity contribution in [2.75, 3.05) is 14.7 Å². The molecular formula is C98H71N5. The number of aryl methyl sites for hydroxylation is 6. The van der Waals surface area contributed by atoms with Crippen LogP contribution in [0.5, 0.6) is 0 Å². The van der Waals surface area contributed by atoms with E-state index in [0.29, 0.717) is 0 Å². The van der Waals surface area contributed by atoms with Crippen molar-refractivity contribution in [3.05, 3.63) is 390 Å². The van der Waals surface area contributed by atoms with E-state index < -0.39 is 0 Å². The Morgan fingerprint density at radius 3 is 1.01 bits per heavy atom. The van der Waals surface area contributed by atoms with Crippen molar-refractivity contribution in [2.24, 2.45) is 0 Å². The van der Waals surface area contributed by atoms with E-state index in [1.807, 2.05) is 0 Å². The van der Waals surface area contributed by atoms with Gasteiger partial charge in [-0.25, -0.2) is 0 Å². The largest absolute Gasteiger partial charge is 0.310 e. The van der Waals surface area contributed by atoms with Gasteiger partial charge in [0.1, 0.15) is 0 Å². The molecule has 5 nitrogen and oxygen atoms in total. The van der Waals surface area contributed by atoms with E-state index >= 15 is 0 Å². The Balaban J connectivity index is 0.653. The summed E-state index contributed by atoms with van der Waals surface area (Å²) in [5.41, 5.74) is 37.7. The highest BCUT2D eigenvalue weighted by molar-refractivity contribution is 6.14. The van der Waals surface area contributed by atoms with Gasteiger partial charge in [-0.1, -0.05) is 158 Å². The minimum absolute atomic E-state index is 0.230. The Morgan fingerprint density at radius 1 is 0.233 bits per heavy atom. The topological polar surface area (TPSA) is 19.6 Å². The van der Waals surface area contributed by atoms with Gasteiger partial charge in [0.05, 0.1) is 22.1 Å². The standard InChI is InChI=1S/C98H71N5/c1-4-14-75(15-5-1)99(83-41-32-65-26-29-68(65)57-83)78-39-24-64(25-40-78)56-90-86-20-10-11-21-87(86)91-60-71(35-52-88(90)91)73-37-54-97-93(62-73)94-63-74(38-55-98(94)103(97)82-50-46-80(47-51-82)101(77-18-8-3-9-19-77)85-43-34-67-28-31-70(67)59-85)72-36-53-96-92(61-72)89-22-12-13-23-95(89)102(96)81-48-44-79(45-49-81)100(76-16-6-2-7-17-76)84-42-33-66-27-30-69(66)58-84/h1-25,32-55,57-63,90H,26-31,56H2. The van der Waals surface area contributed by atoms with Crippen LogP contribution in [0.2, 0.25) is 0 Å². The smallest absolute Gasteiger partial charge is 0.0541 e. The third kappa shape index (κ3) is 9.97. The third-order valence-corrected chi connectivity index (χ3v) is 22.9. The van der Waals surface area contributed by atoms with Crippen LogP contribution < -0.4 is 14.7 Å². The SMILES string of the molecule is c1ccc(N(c2ccc(CC3c4ccccc4-c4cc(-c5ccc6c(c5)c5cc(-c7ccc8c(c7)c7ccccc7n8-c7ccc(N(c8ccccc8)c8ccc9c(c8)CC9)cc7)ccc5n6-c5ccc(N(c6ccccc6)c6ccc7c(c6)CC7)cc5)ccc43)cc2)c2ccc3c(c2)CC3)cc1. The van der Waals surface area contributed by atoms with Crippen molar-refractivity contribution in [1.29, 1.82) is 0 Å². The predicted octanol–water partition coefficient (Wildman–Crippen LogP) is 25.3. The lowest BCUT2D eigenvalue weighted by molar-refractivity contribution is 0.827. The zero-order chi connectivity index (χ0) is 67.6. The number of rotatable bonds is 15. The fraction of sp³-hybridized carbons (Fsp3) is 0.0816. The minimum atomic E-state index is 0.230. The molecule has 0 radical (unpaired) electrons. The van der Waals surface area contributed by atoms with Gasteiger partial charge in [-0.2, -0.15) is 0 Å². The number of para-hydroxylation sites is 4. The molecule has 15 aromatic carbocycles. The molecule has 0 N–H and O–H groups in total. The lowest BCUT2D eigenvalue weighted by Crippen LogP contribution is -2.14. The van der Waals surface area contributed by atoms with Crippen LogP contribution >= 0.6 is 0 Å². The van der Waals surface area contributed by atoms with Gasteiger partial charge >= 0.3 is 0 Å². The molecular weight excluding hydrogens is 1250 g/mol. The second-order valence-corrected chi connectivity index (χ2v) is 28.6. The average molecular weight is 1320 g/mol. The summed E-state index contributed by atoms with van der Waals surface area (Å²) < 4.78 is 4.92. The van der Waals surface area contributed by atoms with Gasteiger partial charge in [-0.3, -0.25) is 0 Å². The first-order valence-corrected chi connectivity index (χ1v) is 36.6. The van der Waals surface area contributed by atoms with Crippen LogP contribution in [-0.4, -0.2) is 9.13 Å². The van der Waals surface area contributed by atoms with Crippen LogP contribution in [0.1, 0.15) is 56.0 Å². The molecule has 4 aliphatic rings. The van der Waals surface area contributed by atoms with Crippen molar-refractivity contribution in [3.63, 3.8) is 0 Å². The normalized spacial score (nSPS) is 13.7. The van der Waals surface area contributed by atoms with Gasteiger partial charge in [0, 0.05) is 90.0 Å². The molecule has 0 amide bonds. The molecule has 488 valence electrons. The summed E-state index contributed by atoms with van der Waals surface area (Å²) in [6.07, 6.45) is 7.83. The van der Waals surface area contributed by atoms with Gasteiger partial charge < -0.3 is 23.8 Å². The summed E-state index contributed by atoms with van der Waals surface area (Å²) >= 11 is 0. The van der Waals surface area contributed by atoms with E-state index in [1.54, 1.807) is 0 Å². The molecule has 17 aromatic rings. The Labute approximate surface area is 600 Å². The molecule has 2 heterocycles. The van der Waals surface area contributed by atoms with E-state index in [9.17, 15) is 0 Å². The van der Waals surface area contributed by atoms with E-state index in [0.717, 1.165) is 71.7 Å². The van der Waals surface area contributed by atoms with E-state index in [-0.39, 0.29) is 5.92 Å². The Bertz CT molecular complexity index is 6210. The average Bonchev–Trinajstić information content (AvgIpc) is 1.59. The van der Waals surface area contributed by atoms with Gasteiger partial charge in [0.25, 0.3) is 0 Å². The number of hydrogen-bond donors (Lipinski definition) is 0. The van der Waals surface area contributed by atoms with Gasteiger partial charge in [0.15, 0.2) is 0 Å². The van der Waals surface area contributed by atoms with Crippen molar-refractivity contribution in [2.45, 2.75) is 50.9 Å². The number of nitrogens with zero attached hydrogens (tertiary/aromatic N) is 5. The highest BCUT2D eigenvalue weighted by atomic mass is 15.2. The third-order valence-electron chi connectivity index (χ3n) is 22.9. The highest BCUT2D eigenvalue weighted by Gasteiger charge is 2.30. The van der Waals surface area contributed by atoms with Crippen LogP contribution in [-0.2, 0) is 44.9 Å². The van der Waals surface area contributed by atoms with E-state index in [1.165, 1.54) is 163 Å². The zero-order valence-corrected chi connectivity index (χ0v) is 57.1.